The fourth-order valence-electron chi connectivity index (χ4n) is 3.30. The lowest BCUT2D eigenvalue weighted by Gasteiger charge is -2.19. The van der Waals surface area contributed by atoms with E-state index in [1.807, 2.05) is 37.3 Å². The predicted octanol–water partition coefficient (Wildman–Crippen LogP) is 3.75. The van der Waals surface area contributed by atoms with E-state index in [1.54, 1.807) is 11.0 Å². The third-order valence-corrected chi connectivity index (χ3v) is 5.22. The van der Waals surface area contributed by atoms with Crippen LogP contribution in [0.4, 0.5) is 5.69 Å². The van der Waals surface area contributed by atoms with Crippen LogP contribution in [-0.4, -0.2) is 24.9 Å². The molecule has 1 saturated heterocycles. The maximum Gasteiger partial charge on any atom is 0.227 e. The lowest BCUT2D eigenvalue weighted by Crippen LogP contribution is -2.33. The first-order chi connectivity index (χ1) is 12.6. The largest absolute Gasteiger partial charge is 0.356 e. The average molecular weight is 371 g/mol. The van der Waals surface area contributed by atoms with Gasteiger partial charge in [-0.05, 0) is 43.0 Å². The van der Waals surface area contributed by atoms with Gasteiger partial charge in [-0.1, -0.05) is 48.0 Å². The fraction of sp³-hybridized carbons (Fsp3) is 0.333. The Balaban J connectivity index is 1.51. The number of benzene rings is 2. The SMILES string of the molecule is Cc1c(Cl)cccc1N1CC(C(=O)NCCCc2ccccc2)CC1=O. The molecule has 1 fully saturated rings. The Labute approximate surface area is 159 Å². The zero-order valence-electron chi connectivity index (χ0n) is 14.9. The monoisotopic (exact) mass is 370 g/mol. The Morgan fingerprint density at radius 3 is 2.73 bits per heavy atom. The second kappa shape index (κ2) is 8.37. The van der Waals surface area contributed by atoms with E-state index in [-0.39, 0.29) is 24.2 Å². The minimum absolute atomic E-state index is 0.0280. The quantitative estimate of drug-likeness (QED) is 0.787. The van der Waals surface area contributed by atoms with Gasteiger partial charge in [0.2, 0.25) is 11.8 Å². The summed E-state index contributed by atoms with van der Waals surface area (Å²) < 4.78 is 0. The molecular formula is C21H23ClN2O2. The van der Waals surface area contributed by atoms with Gasteiger partial charge in [0.1, 0.15) is 0 Å². The van der Waals surface area contributed by atoms with Crippen molar-refractivity contribution < 1.29 is 9.59 Å². The number of anilines is 1. The molecule has 1 aliphatic heterocycles. The second-order valence-corrected chi connectivity index (χ2v) is 7.08. The van der Waals surface area contributed by atoms with E-state index in [9.17, 15) is 9.59 Å². The van der Waals surface area contributed by atoms with E-state index >= 15 is 0 Å². The molecule has 0 aliphatic carbocycles. The zero-order valence-corrected chi connectivity index (χ0v) is 15.6. The van der Waals surface area contributed by atoms with E-state index < -0.39 is 0 Å². The summed E-state index contributed by atoms with van der Waals surface area (Å²) in [6.07, 6.45) is 2.06. The molecular weight excluding hydrogens is 348 g/mol. The van der Waals surface area contributed by atoms with E-state index in [4.69, 9.17) is 11.6 Å². The molecule has 1 aliphatic rings. The highest BCUT2D eigenvalue weighted by Gasteiger charge is 2.35. The highest BCUT2D eigenvalue weighted by atomic mass is 35.5. The Kier molecular flexibility index (Phi) is 5.94. The van der Waals surface area contributed by atoms with Crippen LogP contribution in [0.3, 0.4) is 0 Å². The number of hydrogen-bond donors (Lipinski definition) is 1. The van der Waals surface area contributed by atoms with Gasteiger partial charge in [-0.15, -0.1) is 0 Å². The maximum absolute atomic E-state index is 12.4. The van der Waals surface area contributed by atoms with E-state index in [0.717, 1.165) is 24.1 Å². The average Bonchev–Trinajstić information content (AvgIpc) is 3.03. The van der Waals surface area contributed by atoms with Crippen LogP contribution in [0, 0.1) is 12.8 Å². The fourth-order valence-corrected chi connectivity index (χ4v) is 3.47. The van der Waals surface area contributed by atoms with Gasteiger partial charge in [0, 0.05) is 30.2 Å². The number of halogens is 1. The first kappa shape index (κ1) is 18.5. The molecule has 1 heterocycles. The lowest BCUT2D eigenvalue weighted by molar-refractivity contribution is -0.126. The number of amides is 2. The topological polar surface area (TPSA) is 49.4 Å². The summed E-state index contributed by atoms with van der Waals surface area (Å²) in [5.74, 6) is -0.383. The van der Waals surface area contributed by atoms with Crippen LogP contribution in [-0.2, 0) is 16.0 Å². The number of nitrogens with one attached hydrogen (secondary N) is 1. The summed E-state index contributed by atoms with van der Waals surface area (Å²) in [5.41, 5.74) is 2.92. The van der Waals surface area contributed by atoms with E-state index in [2.05, 4.69) is 17.4 Å². The number of nitrogens with zero attached hydrogens (tertiary/aromatic N) is 1. The van der Waals surface area contributed by atoms with Crippen molar-refractivity contribution in [3.8, 4) is 0 Å². The molecule has 2 amide bonds. The molecule has 1 unspecified atom stereocenters. The van der Waals surface area contributed by atoms with Crippen LogP contribution in [0.5, 0.6) is 0 Å². The first-order valence-corrected chi connectivity index (χ1v) is 9.31. The summed E-state index contributed by atoms with van der Waals surface area (Å²) in [5, 5.41) is 3.60. The summed E-state index contributed by atoms with van der Waals surface area (Å²) in [4.78, 5) is 26.5. The van der Waals surface area contributed by atoms with Crippen LogP contribution < -0.4 is 10.2 Å². The predicted molar refractivity (Wildman–Crippen MR) is 104 cm³/mol. The van der Waals surface area contributed by atoms with Crippen molar-refractivity contribution in [3.63, 3.8) is 0 Å². The van der Waals surface area contributed by atoms with E-state index in [1.165, 1.54) is 5.56 Å². The van der Waals surface area contributed by atoms with Crippen LogP contribution >= 0.6 is 11.6 Å². The Bertz CT molecular complexity index is 792. The number of carbonyl (C=O) groups is 2. The van der Waals surface area contributed by atoms with Crippen LogP contribution in [0.25, 0.3) is 0 Å². The van der Waals surface area contributed by atoms with Crippen LogP contribution in [0.2, 0.25) is 5.02 Å². The van der Waals surface area contributed by atoms with Gasteiger partial charge in [-0.3, -0.25) is 9.59 Å². The maximum atomic E-state index is 12.4. The number of carbonyl (C=O) groups excluding carboxylic acids is 2. The molecule has 26 heavy (non-hydrogen) atoms. The van der Waals surface area contributed by atoms with Gasteiger partial charge in [-0.25, -0.2) is 0 Å². The third-order valence-electron chi connectivity index (χ3n) is 4.81. The smallest absolute Gasteiger partial charge is 0.227 e. The molecule has 0 aromatic heterocycles. The van der Waals surface area contributed by atoms with Gasteiger partial charge >= 0.3 is 0 Å². The number of hydrogen-bond acceptors (Lipinski definition) is 2. The van der Waals surface area contributed by atoms with Crippen LogP contribution in [0.1, 0.15) is 24.0 Å². The van der Waals surface area contributed by atoms with Gasteiger partial charge < -0.3 is 10.2 Å². The first-order valence-electron chi connectivity index (χ1n) is 8.93. The molecule has 0 saturated carbocycles. The summed E-state index contributed by atoms with van der Waals surface area (Å²) >= 11 is 6.16. The Morgan fingerprint density at radius 2 is 1.96 bits per heavy atom. The van der Waals surface area contributed by atoms with Crippen molar-refractivity contribution in [3.05, 3.63) is 64.7 Å². The minimum atomic E-state index is -0.308. The van der Waals surface area contributed by atoms with Crippen molar-refractivity contribution in [1.82, 2.24) is 5.32 Å². The summed E-state index contributed by atoms with van der Waals surface area (Å²) in [7, 11) is 0. The summed E-state index contributed by atoms with van der Waals surface area (Å²) in [6.45, 7) is 2.92. The molecule has 136 valence electrons. The van der Waals surface area contributed by atoms with Crippen molar-refractivity contribution in [2.45, 2.75) is 26.2 Å². The van der Waals surface area contributed by atoms with Gasteiger partial charge in [0.05, 0.1) is 5.92 Å². The summed E-state index contributed by atoms with van der Waals surface area (Å²) in [6, 6.07) is 15.7. The molecule has 2 aromatic carbocycles. The lowest BCUT2D eigenvalue weighted by atomic mass is 10.1. The van der Waals surface area contributed by atoms with Crippen molar-refractivity contribution >= 4 is 29.1 Å². The molecule has 4 nitrogen and oxygen atoms in total. The van der Waals surface area contributed by atoms with Crippen molar-refractivity contribution in [2.24, 2.45) is 5.92 Å². The van der Waals surface area contributed by atoms with Crippen LogP contribution in [0.15, 0.2) is 48.5 Å². The minimum Gasteiger partial charge on any atom is -0.356 e. The third kappa shape index (κ3) is 4.25. The molecule has 1 atom stereocenters. The highest BCUT2D eigenvalue weighted by Crippen LogP contribution is 2.31. The molecule has 0 radical (unpaired) electrons. The molecule has 1 N–H and O–H groups in total. The Morgan fingerprint density at radius 1 is 1.19 bits per heavy atom. The van der Waals surface area contributed by atoms with Crippen molar-refractivity contribution in [2.75, 3.05) is 18.0 Å². The second-order valence-electron chi connectivity index (χ2n) is 6.67. The number of rotatable bonds is 6. The highest BCUT2D eigenvalue weighted by molar-refractivity contribution is 6.31. The van der Waals surface area contributed by atoms with E-state index in [0.29, 0.717) is 18.1 Å². The molecule has 3 rings (SSSR count). The molecule has 0 spiro atoms. The molecule has 5 heteroatoms. The van der Waals surface area contributed by atoms with Crippen molar-refractivity contribution in [1.29, 1.82) is 0 Å². The normalized spacial score (nSPS) is 16.8. The molecule has 0 bridgehead atoms. The van der Waals surface area contributed by atoms with Gasteiger partial charge in [-0.2, -0.15) is 0 Å². The molecule has 2 aromatic rings. The standard InChI is InChI=1S/C21H23ClN2O2/c1-15-18(22)10-5-11-19(15)24-14-17(13-20(24)25)21(26)23-12-6-9-16-7-3-2-4-8-16/h2-5,7-8,10-11,17H,6,9,12-14H2,1H3,(H,23,26). The van der Waals surface area contributed by atoms with Gasteiger partial charge in [0.15, 0.2) is 0 Å². The zero-order chi connectivity index (χ0) is 18.5. The Hall–Kier alpha value is -2.33. The van der Waals surface area contributed by atoms with Gasteiger partial charge in [0.25, 0.3) is 0 Å². The number of aryl methyl sites for hydroxylation is 1.